The van der Waals surface area contributed by atoms with Crippen LogP contribution in [0.1, 0.15) is 32.1 Å². The van der Waals surface area contributed by atoms with E-state index in [0.717, 1.165) is 31.8 Å². The van der Waals surface area contributed by atoms with E-state index in [0.29, 0.717) is 0 Å². The second-order valence-electron chi connectivity index (χ2n) is 3.55. The Morgan fingerprint density at radius 1 is 1.47 bits per heavy atom. The number of furan rings is 1. The van der Waals surface area contributed by atoms with Crippen molar-refractivity contribution in [1.82, 2.24) is 10.3 Å². The predicted molar refractivity (Wildman–Crippen MR) is 61.2 cm³/mol. The van der Waals surface area contributed by atoms with Gasteiger partial charge in [0.2, 0.25) is 0 Å². The molecule has 0 saturated heterocycles. The van der Waals surface area contributed by atoms with E-state index in [-0.39, 0.29) is 6.04 Å². The minimum Gasteiger partial charge on any atom is -0.468 e. The van der Waals surface area contributed by atoms with Crippen molar-refractivity contribution in [1.29, 1.82) is 0 Å². The second kappa shape index (κ2) is 6.61. The van der Waals surface area contributed by atoms with Crippen LogP contribution in [-0.2, 0) is 0 Å². The zero-order chi connectivity index (χ0) is 11.1. The zero-order valence-electron chi connectivity index (χ0n) is 9.57. The number of hydrogen-bond acceptors (Lipinski definition) is 4. The Bertz CT molecular complexity index is 244. The molecule has 0 amide bonds. The summed E-state index contributed by atoms with van der Waals surface area (Å²) in [7, 11) is 0. The van der Waals surface area contributed by atoms with Crippen LogP contribution in [0.15, 0.2) is 22.8 Å². The van der Waals surface area contributed by atoms with Gasteiger partial charge in [-0.25, -0.2) is 5.43 Å². The molecule has 0 bridgehead atoms. The maximum Gasteiger partial charge on any atom is 0.122 e. The Labute approximate surface area is 91.4 Å². The molecule has 4 heteroatoms. The minimum absolute atomic E-state index is 0.112. The molecule has 1 unspecified atom stereocenters. The van der Waals surface area contributed by atoms with E-state index in [1.165, 1.54) is 0 Å². The molecule has 4 nitrogen and oxygen atoms in total. The number of nitrogens with zero attached hydrogens (tertiary/aromatic N) is 1. The van der Waals surface area contributed by atoms with Crippen LogP contribution < -0.4 is 11.3 Å². The van der Waals surface area contributed by atoms with Crippen LogP contribution in [0.4, 0.5) is 0 Å². The largest absolute Gasteiger partial charge is 0.468 e. The highest BCUT2D eigenvalue weighted by Gasteiger charge is 2.13. The molecular weight excluding hydrogens is 190 g/mol. The van der Waals surface area contributed by atoms with Gasteiger partial charge in [-0.05, 0) is 31.6 Å². The molecule has 3 N–H and O–H groups in total. The lowest BCUT2D eigenvalue weighted by Crippen LogP contribution is -2.32. The summed E-state index contributed by atoms with van der Waals surface area (Å²) in [6.07, 6.45) is 2.64. The molecule has 0 fully saturated rings. The molecule has 1 atom stereocenters. The quantitative estimate of drug-likeness (QED) is 0.530. The van der Waals surface area contributed by atoms with Crippen molar-refractivity contribution >= 4 is 0 Å². The standard InChI is InChI=1S/C11H21N3O/c1-3-14(4-2)8-7-10(13-12)11-6-5-9-15-11/h5-6,9-10,13H,3-4,7-8,12H2,1-2H3. The summed E-state index contributed by atoms with van der Waals surface area (Å²) in [6.45, 7) is 7.52. The van der Waals surface area contributed by atoms with Crippen LogP contribution in [0.2, 0.25) is 0 Å². The summed E-state index contributed by atoms with van der Waals surface area (Å²) in [4.78, 5) is 2.37. The molecule has 0 saturated carbocycles. The van der Waals surface area contributed by atoms with Crippen molar-refractivity contribution in [2.45, 2.75) is 26.3 Å². The van der Waals surface area contributed by atoms with Gasteiger partial charge in [0.15, 0.2) is 0 Å². The van der Waals surface area contributed by atoms with Crippen LogP contribution in [0.5, 0.6) is 0 Å². The predicted octanol–water partition coefficient (Wildman–Crippen LogP) is 1.52. The van der Waals surface area contributed by atoms with Crippen LogP contribution in [0.25, 0.3) is 0 Å². The second-order valence-corrected chi connectivity index (χ2v) is 3.55. The van der Waals surface area contributed by atoms with Gasteiger partial charge in [-0.15, -0.1) is 0 Å². The first kappa shape index (κ1) is 12.2. The molecule has 0 aliphatic rings. The summed E-state index contributed by atoms with van der Waals surface area (Å²) < 4.78 is 5.33. The molecule has 86 valence electrons. The van der Waals surface area contributed by atoms with Crippen molar-refractivity contribution < 1.29 is 4.42 Å². The number of rotatable bonds is 7. The summed E-state index contributed by atoms with van der Waals surface area (Å²) in [6, 6.07) is 3.95. The monoisotopic (exact) mass is 211 g/mol. The highest BCUT2D eigenvalue weighted by Crippen LogP contribution is 2.16. The topological polar surface area (TPSA) is 54.4 Å². The SMILES string of the molecule is CCN(CC)CCC(NN)c1ccco1. The van der Waals surface area contributed by atoms with Gasteiger partial charge in [0, 0.05) is 6.54 Å². The Morgan fingerprint density at radius 2 is 2.20 bits per heavy atom. The van der Waals surface area contributed by atoms with Gasteiger partial charge in [-0.2, -0.15) is 0 Å². The fraction of sp³-hybridized carbons (Fsp3) is 0.636. The van der Waals surface area contributed by atoms with Crippen molar-refractivity contribution in [3.05, 3.63) is 24.2 Å². The maximum atomic E-state index is 5.50. The third-order valence-electron chi connectivity index (χ3n) is 2.72. The maximum absolute atomic E-state index is 5.50. The first-order chi connectivity index (χ1) is 7.31. The van der Waals surface area contributed by atoms with Gasteiger partial charge in [-0.3, -0.25) is 5.84 Å². The summed E-state index contributed by atoms with van der Waals surface area (Å²) in [5, 5.41) is 0. The average Bonchev–Trinajstić information content (AvgIpc) is 2.78. The third-order valence-corrected chi connectivity index (χ3v) is 2.72. The number of nitrogens with two attached hydrogens (primary N) is 1. The smallest absolute Gasteiger partial charge is 0.122 e. The first-order valence-corrected chi connectivity index (χ1v) is 5.53. The van der Waals surface area contributed by atoms with E-state index in [1.54, 1.807) is 6.26 Å². The molecule has 1 aromatic rings. The fourth-order valence-electron chi connectivity index (χ4n) is 1.65. The van der Waals surface area contributed by atoms with Gasteiger partial charge in [0.25, 0.3) is 0 Å². The highest BCUT2D eigenvalue weighted by atomic mass is 16.3. The summed E-state index contributed by atoms with van der Waals surface area (Å²) in [5.74, 6) is 6.41. The normalized spacial score (nSPS) is 13.3. The van der Waals surface area contributed by atoms with Crippen LogP contribution in [0.3, 0.4) is 0 Å². The van der Waals surface area contributed by atoms with Crippen LogP contribution in [0, 0.1) is 0 Å². The van der Waals surface area contributed by atoms with Gasteiger partial charge >= 0.3 is 0 Å². The molecule has 0 aliphatic carbocycles. The number of hydrogen-bond donors (Lipinski definition) is 2. The van der Waals surface area contributed by atoms with Gasteiger partial charge in [0.1, 0.15) is 5.76 Å². The van der Waals surface area contributed by atoms with Gasteiger partial charge < -0.3 is 9.32 Å². The summed E-state index contributed by atoms with van der Waals surface area (Å²) >= 11 is 0. The van der Waals surface area contributed by atoms with E-state index in [2.05, 4.69) is 24.2 Å². The molecule has 0 aromatic carbocycles. The lowest BCUT2D eigenvalue weighted by atomic mass is 10.1. The van der Waals surface area contributed by atoms with Crippen molar-refractivity contribution in [3.63, 3.8) is 0 Å². The Kier molecular flexibility index (Phi) is 5.39. The van der Waals surface area contributed by atoms with E-state index < -0.39 is 0 Å². The lowest BCUT2D eigenvalue weighted by molar-refractivity contribution is 0.272. The van der Waals surface area contributed by atoms with E-state index in [9.17, 15) is 0 Å². The van der Waals surface area contributed by atoms with Crippen LogP contribution in [-0.4, -0.2) is 24.5 Å². The van der Waals surface area contributed by atoms with Gasteiger partial charge in [-0.1, -0.05) is 13.8 Å². The lowest BCUT2D eigenvalue weighted by Gasteiger charge is -2.21. The number of hydrazine groups is 1. The molecule has 0 spiro atoms. The van der Waals surface area contributed by atoms with Crippen LogP contribution >= 0.6 is 0 Å². The number of nitrogens with one attached hydrogen (secondary N) is 1. The molecule has 0 aliphatic heterocycles. The van der Waals surface area contributed by atoms with E-state index in [4.69, 9.17) is 10.3 Å². The Morgan fingerprint density at radius 3 is 2.67 bits per heavy atom. The Balaban J connectivity index is 2.41. The third kappa shape index (κ3) is 3.66. The average molecular weight is 211 g/mol. The first-order valence-electron chi connectivity index (χ1n) is 5.53. The van der Waals surface area contributed by atoms with E-state index in [1.807, 2.05) is 12.1 Å². The fourth-order valence-corrected chi connectivity index (χ4v) is 1.65. The molecule has 0 radical (unpaired) electrons. The highest BCUT2D eigenvalue weighted by molar-refractivity contribution is 5.03. The zero-order valence-corrected chi connectivity index (χ0v) is 9.57. The molecule has 1 heterocycles. The van der Waals surface area contributed by atoms with E-state index >= 15 is 0 Å². The molecule has 1 aromatic heterocycles. The minimum atomic E-state index is 0.112. The molecular formula is C11H21N3O. The Hall–Kier alpha value is -0.840. The van der Waals surface area contributed by atoms with Gasteiger partial charge in [0.05, 0.1) is 12.3 Å². The van der Waals surface area contributed by atoms with Crippen molar-refractivity contribution in [2.24, 2.45) is 5.84 Å². The molecule has 15 heavy (non-hydrogen) atoms. The van der Waals surface area contributed by atoms with Crippen molar-refractivity contribution in [2.75, 3.05) is 19.6 Å². The summed E-state index contributed by atoms with van der Waals surface area (Å²) in [5.41, 5.74) is 2.79. The molecule has 1 rings (SSSR count). The van der Waals surface area contributed by atoms with Crippen molar-refractivity contribution in [3.8, 4) is 0 Å².